The fourth-order valence-electron chi connectivity index (χ4n) is 5.03. The number of fused-ring (bicyclic) bond motifs is 1. The average Bonchev–Trinajstić information content (AvgIpc) is 3.11. The van der Waals surface area contributed by atoms with Gasteiger partial charge < -0.3 is 24.2 Å². The Morgan fingerprint density at radius 2 is 1.85 bits per heavy atom. The van der Waals surface area contributed by atoms with Gasteiger partial charge in [0.1, 0.15) is 18.2 Å². The van der Waals surface area contributed by atoms with Crippen molar-refractivity contribution in [3.8, 4) is 11.5 Å². The number of para-hydroxylation sites is 1. The Kier molecular flexibility index (Phi) is 7.69. The number of aromatic nitrogens is 1. The molecule has 0 bridgehead atoms. The van der Waals surface area contributed by atoms with Gasteiger partial charge in [-0.1, -0.05) is 18.2 Å². The standard InChI is InChI=1S/C29H34N4O6/c1-29(2)27(35)33(28(36)32(29)17-20-10-11-30-24-7-5-4-6-23(20)24)21-8-9-25(37-3)26(16-21)39-19-22(34)18-31-12-14-38-15-13-31/h4-11,16,22,34H,12-15,17-19H2,1-3H3. The van der Waals surface area contributed by atoms with E-state index in [0.717, 1.165) is 29.6 Å². The van der Waals surface area contributed by atoms with Crippen molar-refractivity contribution in [3.63, 3.8) is 0 Å². The zero-order valence-corrected chi connectivity index (χ0v) is 22.5. The maximum absolute atomic E-state index is 13.7. The number of aliphatic hydroxyl groups is 1. The Morgan fingerprint density at radius 1 is 1.08 bits per heavy atom. The van der Waals surface area contributed by atoms with Gasteiger partial charge in [0.25, 0.3) is 5.91 Å². The molecule has 1 N–H and O–H groups in total. The maximum Gasteiger partial charge on any atom is 0.332 e. The first-order valence-electron chi connectivity index (χ1n) is 13.1. The molecule has 0 radical (unpaired) electrons. The number of imide groups is 1. The molecule has 3 aromatic rings. The van der Waals surface area contributed by atoms with Crippen LogP contribution in [0.5, 0.6) is 11.5 Å². The molecule has 2 aliphatic rings. The van der Waals surface area contributed by atoms with Crippen LogP contribution in [0.4, 0.5) is 10.5 Å². The predicted molar refractivity (Wildman–Crippen MR) is 146 cm³/mol. The molecule has 206 valence electrons. The number of anilines is 1. The SMILES string of the molecule is COc1ccc(N2C(=O)N(Cc3ccnc4ccccc34)C(C)(C)C2=O)cc1OCC(O)CN1CCOCC1. The van der Waals surface area contributed by atoms with Gasteiger partial charge in [0, 0.05) is 43.8 Å². The van der Waals surface area contributed by atoms with Crippen LogP contribution in [0.3, 0.4) is 0 Å². The van der Waals surface area contributed by atoms with Crippen molar-refractivity contribution in [2.24, 2.45) is 0 Å². The van der Waals surface area contributed by atoms with Crippen molar-refractivity contribution >= 4 is 28.5 Å². The van der Waals surface area contributed by atoms with Crippen molar-refractivity contribution in [3.05, 3.63) is 60.3 Å². The van der Waals surface area contributed by atoms with Gasteiger partial charge in [-0.2, -0.15) is 0 Å². The van der Waals surface area contributed by atoms with Crippen LogP contribution in [0.2, 0.25) is 0 Å². The number of aliphatic hydroxyl groups excluding tert-OH is 1. The largest absolute Gasteiger partial charge is 0.493 e. The molecule has 0 spiro atoms. The molecule has 3 amide bonds. The summed E-state index contributed by atoms with van der Waals surface area (Å²) >= 11 is 0. The van der Waals surface area contributed by atoms with Crippen LogP contribution >= 0.6 is 0 Å². The Labute approximate surface area is 227 Å². The molecule has 1 aromatic heterocycles. The molecule has 3 heterocycles. The number of morpholine rings is 1. The van der Waals surface area contributed by atoms with Crippen LogP contribution in [0, 0.1) is 0 Å². The van der Waals surface area contributed by atoms with Crippen LogP contribution < -0.4 is 14.4 Å². The van der Waals surface area contributed by atoms with Crippen molar-refractivity contribution in [1.82, 2.24) is 14.8 Å². The van der Waals surface area contributed by atoms with Gasteiger partial charge in [-0.15, -0.1) is 0 Å². The van der Waals surface area contributed by atoms with E-state index in [-0.39, 0.29) is 19.1 Å². The molecule has 0 saturated carbocycles. The smallest absolute Gasteiger partial charge is 0.332 e. The number of benzene rings is 2. The van der Waals surface area contributed by atoms with Gasteiger partial charge in [0.15, 0.2) is 11.5 Å². The Bertz CT molecular complexity index is 1350. The summed E-state index contributed by atoms with van der Waals surface area (Å²) in [6.45, 7) is 7.06. The number of nitrogens with zero attached hydrogens (tertiary/aromatic N) is 4. The van der Waals surface area contributed by atoms with Crippen molar-refractivity contribution in [2.45, 2.75) is 32.0 Å². The fraction of sp³-hybridized carbons (Fsp3) is 0.414. The van der Waals surface area contributed by atoms with Gasteiger partial charge in [-0.3, -0.25) is 14.7 Å². The molecule has 0 aliphatic carbocycles. The number of methoxy groups -OCH3 is 1. The lowest BCUT2D eigenvalue weighted by atomic mass is 10.0. The van der Waals surface area contributed by atoms with Crippen molar-refractivity contribution < 1.29 is 28.9 Å². The lowest BCUT2D eigenvalue weighted by molar-refractivity contribution is -0.123. The number of pyridine rings is 1. The number of hydrogen-bond acceptors (Lipinski definition) is 8. The fourth-order valence-corrected chi connectivity index (χ4v) is 5.03. The summed E-state index contributed by atoms with van der Waals surface area (Å²) in [5, 5.41) is 11.5. The third-order valence-corrected chi connectivity index (χ3v) is 7.30. The zero-order valence-electron chi connectivity index (χ0n) is 22.5. The first kappa shape index (κ1) is 26.9. The molecule has 2 fully saturated rings. The number of urea groups is 1. The van der Waals surface area contributed by atoms with Crippen LogP contribution in [0.1, 0.15) is 19.4 Å². The summed E-state index contributed by atoms with van der Waals surface area (Å²) in [6.07, 6.45) is 0.988. The summed E-state index contributed by atoms with van der Waals surface area (Å²) in [7, 11) is 1.52. The molecular formula is C29H34N4O6. The highest BCUT2D eigenvalue weighted by molar-refractivity contribution is 6.23. The molecule has 1 atom stereocenters. The summed E-state index contributed by atoms with van der Waals surface area (Å²) in [5.74, 6) is 0.443. The van der Waals surface area contributed by atoms with E-state index in [9.17, 15) is 14.7 Å². The molecule has 39 heavy (non-hydrogen) atoms. The number of amides is 3. The minimum Gasteiger partial charge on any atom is -0.493 e. The Hall–Kier alpha value is -3.73. The first-order chi connectivity index (χ1) is 18.8. The monoisotopic (exact) mass is 534 g/mol. The summed E-state index contributed by atoms with van der Waals surface area (Å²) in [5.41, 5.74) is 1.04. The van der Waals surface area contributed by atoms with E-state index in [2.05, 4.69) is 9.88 Å². The molecule has 10 nitrogen and oxygen atoms in total. The van der Waals surface area contributed by atoms with Crippen molar-refractivity contribution in [2.75, 3.05) is 51.5 Å². The Morgan fingerprint density at radius 3 is 2.62 bits per heavy atom. The van der Waals surface area contributed by atoms with E-state index < -0.39 is 17.7 Å². The highest BCUT2D eigenvalue weighted by Gasteiger charge is 2.52. The second kappa shape index (κ2) is 11.2. The van der Waals surface area contributed by atoms with E-state index in [4.69, 9.17) is 14.2 Å². The molecule has 10 heteroatoms. The second-order valence-corrected chi connectivity index (χ2v) is 10.3. The van der Waals surface area contributed by atoms with Gasteiger partial charge in [-0.25, -0.2) is 9.69 Å². The molecular weight excluding hydrogens is 500 g/mol. The predicted octanol–water partition coefficient (Wildman–Crippen LogP) is 3.06. The molecule has 5 rings (SSSR count). The number of carbonyl (C=O) groups excluding carboxylic acids is 2. The normalized spacial score (nSPS) is 18.6. The number of β-amino-alcohol motifs (C(OH)–C–C–N with tert-alkyl or cyclic N) is 1. The lowest BCUT2D eigenvalue weighted by Crippen LogP contribution is -2.43. The van der Waals surface area contributed by atoms with E-state index in [0.29, 0.717) is 36.9 Å². The summed E-state index contributed by atoms with van der Waals surface area (Å²) in [4.78, 5) is 36.6. The maximum atomic E-state index is 13.7. The zero-order chi connectivity index (χ0) is 27.6. The van der Waals surface area contributed by atoms with E-state index in [1.165, 1.54) is 12.0 Å². The van der Waals surface area contributed by atoms with Crippen molar-refractivity contribution in [1.29, 1.82) is 0 Å². The van der Waals surface area contributed by atoms with E-state index >= 15 is 0 Å². The minimum absolute atomic E-state index is 0.0335. The average molecular weight is 535 g/mol. The highest BCUT2D eigenvalue weighted by Crippen LogP contribution is 2.38. The topological polar surface area (TPSA) is 105 Å². The summed E-state index contributed by atoms with van der Waals surface area (Å²) in [6, 6.07) is 14.1. The van der Waals surface area contributed by atoms with E-state index in [1.54, 1.807) is 43.1 Å². The number of rotatable bonds is 9. The second-order valence-electron chi connectivity index (χ2n) is 10.3. The lowest BCUT2D eigenvalue weighted by Gasteiger charge is -2.28. The number of hydrogen-bond donors (Lipinski definition) is 1. The number of carbonyl (C=O) groups is 2. The molecule has 2 saturated heterocycles. The van der Waals surface area contributed by atoms with Gasteiger partial charge in [-0.05, 0) is 43.7 Å². The number of ether oxygens (including phenoxy) is 3. The molecule has 2 aromatic carbocycles. The van der Waals surface area contributed by atoms with Crippen LogP contribution in [0.15, 0.2) is 54.7 Å². The van der Waals surface area contributed by atoms with Crippen LogP contribution in [-0.2, 0) is 16.1 Å². The first-order valence-corrected chi connectivity index (χ1v) is 13.1. The van der Waals surface area contributed by atoms with Gasteiger partial charge in [0.2, 0.25) is 0 Å². The third-order valence-electron chi connectivity index (χ3n) is 7.30. The quantitative estimate of drug-likeness (QED) is 0.418. The van der Waals surface area contributed by atoms with Crippen LogP contribution in [-0.4, -0.2) is 90.0 Å². The third kappa shape index (κ3) is 5.40. The minimum atomic E-state index is -1.07. The van der Waals surface area contributed by atoms with Gasteiger partial charge >= 0.3 is 6.03 Å². The van der Waals surface area contributed by atoms with Gasteiger partial charge in [0.05, 0.1) is 31.5 Å². The van der Waals surface area contributed by atoms with Crippen LogP contribution in [0.25, 0.3) is 10.9 Å². The molecule has 2 aliphatic heterocycles. The Balaban J connectivity index is 1.35. The summed E-state index contributed by atoms with van der Waals surface area (Å²) < 4.78 is 16.7. The van der Waals surface area contributed by atoms with E-state index in [1.807, 2.05) is 30.3 Å². The molecule has 1 unspecified atom stereocenters. The highest BCUT2D eigenvalue weighted by atomic mass is 16.5.